The Kier molecular flexibility index (Phi) is 1.68. The highest BCUT2D eigenvalue weighted by Crippen LogP contribution is 2.34. The van der Waals surface area contributed by atoms with Gasteiger partial charge in [-0.1, -0.05) is 6.08 Å². The van der Waals surface area contributed by atoms with E-state index >= 15 is 0 Å². The molecule has 66 valence electrons. The first-order valence-electron chi connectivity index (χ1n) is 4.24. The van der Waals surface area contributed by atoms with Crippen molar-refractivity contribution in [2.45, 2.75) is 31.5 Å². The average molecular weight is 168 g/mol. The van der Waals surface area contributed by atoms with Gasteiger partial charge in [-0.05, 0) is 13.0 Å². The molecule has 0 bridgehead atoms. The zero-order chi connectivity index (χ0) is 8.60. The summed E-state index contributed by atoms with van der Waals surface area (Å²) in [5, 5.41) is 0. The number of hydrogen-bond donors (Lipinski definition) is 0. The Labute approximate surface area is 71.3 Å². The van der Waals surface area contributed by atoms with Gasteiger partial charge in [0.05, 0.1) is 12.7 Å². The Morgan fingerprint density at radius 2 is 2.50 bits per heavy atom. The summed E-state index contributed by atoms with van der Waals surface area (Å²) in [6.45, 7) is 2.57. The molecule has 2 atom stereocenters. The van der Waals surface area contributed by atoms with Gasteiger partial charge in [0.2, 0.25) is 0 Å². The highest BCUT2D eigenvalue weighted by molar-refractivity contribution is 5.73. The predicted molar refractivity (Wildman–Crippen MR) is 42.6 cm³/mol. The van der Waals surface area contributed by atoms with E-state index in [-0.39, 0.29) is 12.1 Å². The quantitative estimate of drug-likeness (QED) is 0.400. The van der Waals surface area contributed by atoms with Crippen molar-refractivity contribution in [2.75, 3.05) is 6.61 Å². The van der Waals surface area contributed by atoms with Crippen LogP contribution in [0.25, 0.3) is 0 Å². The number of ether oxygens (including phenoxy) is 2. The van der Waals surface area contributed by atoms with Gasteiger partial charge >= 0.3 is 5.97 Å². The van der Waals surface area contributed by atoms with Crippen molar-refractivity contribution >= 4 is 5.97 Å². The molecule has 0 amide bonds. The largest absolute Gasteiger partial charge is 0.452 e. The number of hydrogen-bond acceptors (Lipinski definition) is 3. The molecule has 2 aliphatic heterocycles. The fourth-order valence-corrected chi connectivity index (χ4v) is 1.74. The molecule has 3 nitrogen and oxygen atoms in total. The van der Waals surface area contributed by atoms with Crippen LogP contribution in [0.15, 0.2) is 12.2 Å². The Balaban J connectivity index is 2.23. The Bertz CT molecular complexity index is 234. The third-order valence-corrected chi connectivity index (χ3v) is 2.55. The minimum absolute atomic E-state index is 0.00560. The summed E-state index contributed by atoms with van der Waals surface area (Å²) in [6, 6.07) is 0. The van der Waals surface area contributed by atoms with E-state index in [1.54, 1.807) is 0 Å². The fraction of sp³-hybridized carbons (Fsp3) is 0.667. The first-order valence-corrected chi connectivity index (χ1v) is 4.24. The second-order valence-corrected chi connectivity index (χ2v) is 3.31. The molecule has 0 unspecified atom stereocenters. The molecule has 0 aromatic heterocycles. The smallest absolute Gasteiger partial charge is 0.306 e. The van der Waals surface area contributed by atoms with E-state index in [0.29, 0.717) is 13.0 Å². The summed E-state index contributed by atoms with van der Waals surface area (Å²) in [4.78, 5) is 11.0. The minimum atomic E-state index is -0.449. The Morgan fingerprint density at radius 3 is 3.08 bits per heavy atom. The van der Waals surface area contributed by atoms with Crippen molar-refractivity contribution in [3.63, 3.8) is 0 Å². The van der Waals surface area contributed by atoms with Crippen molar-refractivity contribution in [3.8, 4) is 0 Å². The lowest BCUT2D eigenvalue weighted by Crippen LogP contribution is -2.42. The maximum Gasteiger partial charge on any atom is 0.306 e. The molecule has 2 rings (SSSR count). The van der Waals surface area contributed by atoms with E-state index in [1.165, 1.54) is 0 Å². The lowest BCUT2D eigenvalue weighted by molar-refractivity contribution is -0.155. The molecule has 12 heavy (non-hydrogen) atoms. The van der Waals surface area contributed by atoms with Gasteiger partial charge in [0.1, 0.15) is 0 Å². The van der Waals surface area contributed by atoms with Gasteiger partial charge in [-0.2, -0.15) is 0 Å². The van der Waals surface area contributed by atoms with E-state index in [1.807, 2.05) is 19.1 Å². The minimum Gasteiger partial charge on any atom is -0.452 e. The van der Waals surface area contributed by atoms with Gasteiger partial charge in [0.25, 0.3) is 0 Å². The van der Waals surface area contributed by atoms with Crippen LogP contribution in [0.3, 0.4) is 0 Å². The molecule has 1 saturated heterocycles. The maximum atomic E-state index is 11.0. The first kappa shape index (κ1) is 7.80. The van der Waals surface area contributed by atoms with Gasteiger partial charge in [-0.15, -0.1) is 0 Å². The monoisotopic (exact) mass is 168 g/mol. The van der Waals surface area contributed by atoms with Gasteiger partial charge in [0, 0.05) is 12.8 Å². The van der Waals surface area contributed by atoms with Crippen LogP contribution in [0.2, 0.25) is 0 Å². The number of rotatable bonds is 0. The summed E-state index contributed by atoms with van der Waals surface area (Å²) in [7, 11) is 0. The van der Waals surface area contributed by atoms with E-state index in [9.17, 15) is 4.79 Å². The summed E-state index contributed by atoms with van der Waals surface area (Å²) >= 11 is 0. The molecule has 2 heterocycles. The molecule has 0 aliphatic carbocycles. The van der Waals surface area contributed by atoms with Crippen molar-refractivity contribution in [3.05, 3.63) is 12.2 Å². The van der Waals surface area contributed by atoms with E-state index in [2.05, 4.69) is 0 Å². The van der Waals surface area contributed by atoms with Crippen molar-refractivity contribution in [2.24, 2.45) is 0 Å². The normalized spacial score (nSPS) is 40.4. The average Bonchev–Trinajstić information content (AvgIpc) is 2.41. The van der Waals surface area contributed by atoms with E-state index in [0.717, 1.165) is 6.42 Å². The second kappa shape index (κ2) is 2.59. The summed E-state index contributed by atoms with van der Waals surface area (Å²) in [5.74, 6) is -0.114. The number of carbonyl (C=O) groups excluding carboxylic acids is 1. The first-order chi connectivity index (χ1) is 5.73. The fourth-order valence-electron chi connectivity index (χ4n) is 1.74. The Hall–Kier alpha value is -0.830. The zero-order valence-electron chi connectivity index (χ0n) is 7.08. The number of carbonyl (C=O) groups is 1. The molecule has 0 aromatic carbocycles. The van der Waals surface area contributed by atoms with Crippen molar-refractivity contribution in [1.29, 1.82) is 0 Å². The topological polar surface area (TPSA) is 35.5 Å². The summed E-state index contributed by atoms with van der Waals surface area (Å²) in [5.41, 5.74) is -0.449. The van der Waals surface area contributed by atoms with Crippen LogP contribution in [0.5, 0.6) is 0 Å². The summed E-state index contributed by atoms with van der Waals surface area (Å²) < 4.78 is 10.7. The van der Waals surface area contributed by atoms with Gasteiger partial charge in [0.15, 0.2) is 5.60 Å². The van der Waals surface area contributed by atoms with Gasteiger partial charge < -0.3 is 9.47 Å². The maximum absolute atomic E-state index is 11.0. The molecule has 0 saturated carbocycles. The van der Waals surface area contributed by atoms with Crippen LogP contribution in [0.4, 0.5) is 0 Å². The molecular weight excluding hydrogens is 156 g/mol. The second-order valence-electron chi connectivity index (χ2n) is 3.31. The molecule has 0 N–H and O–H groups in total. The van der Waals surface area contributed by atoms with E-state index in [4.69, 9.17) is 9.47 Å². The van der Waals surface area contributed by atoms with Gasteiger partial charge in [-0.3, -0.25) is 4.79 Å². The standard InChI is InChI=1S/C9H12O3/c1-7-9(4-2-6-11-7)5-3-8(10)12-9/h2,4,7H,3,5-6H2,1H3/t7-,9-/m0/s1. The molecule has 3 heteroatoms. The lowest BCUT2D eigenvalue weighted by atomic mass is 9.92. The molecule has 2 aliphatic rings. The molecule has 0 radical (unpaired) electrons. The third-order valence-electron chi connectivity index (χ3n) is 2.55. The van der Waals surface area contributed by atoms with Crippen molar-refractivity contribution in [1.82, 2.24) is 0 Å². The molecular formula is C9H12O3. The predicted octanol–water partition coefficient (Wildman–Crippen LogP) is 1.04. The number of esters is 1. The van der Waals surface area contributed by atoms with Crippen molar-refractivity contribution < 1.29 is 14.3 Å². The third kappa shape index (κ3) is 1.05. The highest BCUT2D eigenvalue weighted by Gasteiger charge is 2.44. The summed E-state index contributed by atoms with van der Waals surface area (Å²) in [6.07, 6.45) is 5.14. The van der Waals surface area contributed by atoms with Crippen LogP contribution in [0.1, 0.15) is 19.8 Å². The SMILES string of the molecule is C[C@@H]1OCC=C[C@]12CCC(=O)O2. The molecule has 0 aromatic rings. The lowest BCUT2D eigenvalue weighted by Gasteiger charge is -2.33. The molecule has 1 spiro atoms. The van der Waals surface area contributed by atoms with Crippen LogP contribution >= 0.6 is 0 Å². The van der Waals surface area contributed by atoms with Crippen LogP contribution < -0.4 is 0 Å². The highest BCUT2D eigenvalue weighted by atomic mass is 16.6. The molecule has 1 fully saturated rings. The van der Waals surface area contributed by atoms with Gasteiger partial charge in [-0.25, -0.2) is 0 Å². The van der Waals surface area contributed by atoms with Crippen LogP contribution in [-0.4, -0.2) is 24.3 Å². The zero-order valence-corrected chi connectivity index (χ0v) is 7.08. The van der Waals surface area contributed by atoms with E-state index < -0.39 is 5.60 Å². The Morgan fingerprint density at radius 1 is 1.67 bits per heavy atom. The van der Waals surface area contributed by atoms with Crippen LogP contribution in [-0.2, 0) is 14.3 Å². The van der Waals surface area contributed by atoms with Crippen LogP contribution in [0, 0.1) is 0 Å².